The average Bonchev–Trinajstić information content (AvgIpc) is 3.35. The molecule has 1 amide bonds. The maximum absolute atomic E-state index is 13.1. The van der Waals surface area contributed by atoms with E-state index in [9.17, 15) is 4.79 Å². The number of aryl methyl sites for hydroxylation is 3. The van der Waals surface area contributed by atoms with Gasteiger partial charge < -0.3 is 9.88 Å². The minimum Gasteiger partial charge on any atom is -0.349 e. The summed E-state index contributed by atoms with van der Waals surface area (Å²) in [6, 6.07) is 15.7. The maximum atomic E-state index is 13.1. The topological polar surface area (TPSA) is 64.7 Å². The van der Waals surface area contributed by atoms with Crippen LogP contribution in [-0.2, 0) is 13.6 Å². The van der Waals surface area contributed by atoms with Crippen molar-refractivity contribution < 1.29 is 4.79 Å². The van der Waals surface area contributed by atoms with Gasteiger partial charge in [0.1, 0.15) is 11.4 Å². The molecular formula is C23H23N5O. The van der Waals surface area contributed by atoms with Crippen molar-refractivity contribution in [1.29, 1.82) is 0 Å². The van der Waals surface area contributed by atoms with Gasteiger partial charge in [0.2, 0.25) is 0 Å². The van der Waals surface area contributed by atoms with Gasteiger partial charge in [-0.3, -0.25) is 9.78 Å². The second-order valence-corrected chi connectivity index (χ2v) is 7.16. The first kappa shape index (κ1) is 18.7. The Bertz CT molecular complexity index is 1160. The summed E-state index contributed by atoms with van der Waals surface area (Å²) in [5, 5.41) is 7.79. The molecule has 0 radical (unpaired) electrons. The molecule has 1 N–H and O–H groups in total. The van der Waals surface area contributed by atoms with Gasteiger partial charge in [-0.25, -0.2) is 4.68 Å². The summed E-state index contributed by atoms with van der Waals surface area (Å²) in [6.07, 6.45) is 5.40. The molecule has 0 atom stereocenters. The van der Waals surface area contributed by atoms with Crippen LogP contribution in [0.1, 0.15) is 27.2 Å². The van der Waals surface area contributed by atoms with E-state index in [1.165, 1.54) is 0 Å². The minimum atomic E-state index is -0.171. The maximum Gasteiger partial charge on any atom is 0.270 e. The van der Waals surface area contributed by atoms with Gasteiger partial charge in [0.15, 0.2) is 0 Å². The van der Waals surface area contributed by atoms with Gasteiger partial charge in [0.25, 0.3) is 5.91 Å². The first-order chi connectivity index (χ1) is 14.0. The number of nitrogens with one attached hydrogen (secondary N) is 1. The van der Waals surface area contributed by atoms with Crippen LogP contribution in [-0.4, -0.2) is 25.2 Å². The predicted molar refractivity (Wildman–Crippen MR) is 113 cm³/mol. The Balaban J connectivity index is 1.74. The molecule has 146 valence electrons. The highest BCUT2D eigenvalue weighted by molar-refractivity contribution is 5.94. The lowest BCUT2D eigenvalue weighted by molar-refractivity contribution is 0.0943. The van der Waals surface area contributed by atoms with Crippen LogP contribution in [0.4, 0.5) is 0 Å². The number of carbonyl (C=O) groups excluding carboxylic acids is 1. The van der Waals surface area contributed by atoms with Gasteiger partial charge in [-0.2, -0.15) is 5.10 Å². The standard InChI is InChI=1S/C23H23N5O/c1-16-6-7-17(2)21(13-16)28-22(14-19(26-28)20-5-4-12-27(20)3)23(29)25-15-18-8-10-24-11-9-18/h4-14H,15H2,1-3H3,(H,25,29). The number of benzene rings is 1. The molecule has 0 saturated heterocycles. The third-order valence-electron chi connectivity index (χ3n) is 4.94. The molecule has 3 aromatic heterocycles. The molecule has 0 saturated carbocycles. The fraction of sp³-hybridized carbons (Fsp3) is 0.174. The summed E-state index contributed by atoms with van der Waals surface area (Å²) in [5.74, 6) is -0.171. The van der Waals surface area contributed by atoms with E-state index in [-0.39, 0.29) is 5.91 Å². The van der Waals surface area contributed by atoms with Crippen molar-refractivity contribution in [2.75, 3.05) is 0 Å². The zero-order chi connectivity index (χ0) is 20.4. The Kier molecular flexibility index (Phi) is 4.99. The van der Waals surface area contributed by atoms with E-state index in [2.05, 4.69) is 22.4 Å². The number of hydrogen-bond acceptors (Lipinski definition) is 3. The molecule has 0 aliphatic rings. The van der Waals surface area contributed by atoms with Crippen LogP contribution >= 0.6 is 0 Å². The third-order valence-corrected chi connectivity index (χ3v) is 4.94. The monoisotopic (exact) mass is 385 g/mol. The molecule has 29 heavy (non-hydrogen) atoms. The molecule has 6 heteroatoms. The number of pyridine rings is 1. The van der Waals surface area contributed by atoms with Gasteiger partial charge in [-0.1, -0.05) is 12.1 Å². The normalized spacial score (nSPS) is 10.9. The summed E-state index contributed by atoms with van der Waals surface area (Å²) in [5.41, 5.74) is 6.28. The van der Waals surface area contributed by atoms with E-state index in [4.69, 9.17) is 5.10 Å². The van der Waals surface area contributed by atoms with Gasteiger partial charge in [0, 0.05) is 32.2 Å². The Labute approximate surface area is 169 Å². The Morgan fingerprint density at radius 2 is 1.86 bits per heavy atom. The third kappa shape index (κ3) is 3.82. The molecule has 0 spiro atoms. The lowest BCUT2D eigenvalue weighted by atomic mass is 10.1. The molecule has 4 rings (SSSR count). The van der Waals surface area contributed by atoms with E-state index < -0.39 is 0 Å². The second-order valence-electron chi connectivity index (χ2n) is 7.16. The van der Waals surface area contributed by atoms with Crippen LogP contribution in [0.3, 0.4) is 0 Å². The Morgan fingerprint density at radius 3 is 2.59 bits per heavy atom. The van der Waals surface area contributed by atoms with Crippen LogP contribution in [0.15, 0.2) is 67.1 Å². The summed E-state index contributed by atoms with van der Waals surface area (Å²) < 4.78 is 3.74. The fourth-order valence-corrected chi connectivity index (χ4v) is 3.30. The van der Waals surface area contributed by atoms with Gasteiger partial charge in [-0.05, 0) is 66.9 Å². The van der Waals surface area contributed by atoms with Gasteiger partial charge in [0.05, 0.1) is 11.4 Å². The molecule has 0 aliphatic carbocycles. The van der Waals surface area contributed by atoms with E-state index in [1.807, 2.05) is 68.1 Å². The summed E-state index contributed by atoms with van der Waals surface area (Å²) in [4.78, 5) is 17.1. The van der Waals surface area contributed by atoms with Gasteiger partial charge in [-0.15, -0.1) is 0 Å². The van der Waals surface area contributed by atoms with Crippen molar-refractivity contribution in [2.24, 2.45) is 7.05 Å². The van der Waals surface area contributed by atoms with Crippen LogP contribution in [0.5, 0.6) is 0 Å². The molecule has 4 aromatic rings. The highest BCUT2D eigenvalue weighted by Crippen LogP contribution is 2.24. The lowest BCUT2D eigenvalue weighted by Crippen LogP contribution is -2.25. The molecule has 1 aromatic carbocycles. The molecule has 0 unspecified atom stereocenters. The highest BCUT2D eigenvalue weighted by Gasteiger charge is 2.19. The number of amides is 1. The van der Waals surface area contributed by atoms with Crippen LogP contribution < -0.4 is 5.32 Å². The van der Waals surface area contributed by atoms with E-state index in [1.54, 1.807) is 17.1 Å². The number of aromatic nitrogens is 4. The summed E-state index contributed by atoms with van der Waals surface area (Å²) in [7, 11) is 1.97. The summed E-state index contributed by atoms with van der Waals surface area (Å²) >= 11 is 0. The molecule has 0 aliphatic heterocycles. The summed E-state index contributed by atoms with van der Waals surface area (Å²) in [6.45, 7) is 4.49. The molecule has 0 fully saturated rings. The first-order valence-electron chi connectivity index (χ1n) is 9.49. The minimum absolute atomic E-state index is 0.171. The predicted octanol–water partition coefficient (Wildman–Crippen LogP) is 3.82. The first-order valence-corrected chi connectivity index (χ1v) is 9.49. The number of nitrogens with zero attached hydrogens (tertiary/aromatic N) is 4. The SMILES string of the molecule is Cc1ccc(C)c(-n2nc(-c3cccn3C)cc2C(=O)NCc2ccncc2)c1. The molecule has 3 heterocycles. The van der Waals surface area contributed by atoms with Gasteiger partial charge >= 0.3 is 0 Å². The van der Waals surface area contributed by atoms with Crippen LogP contribution in [0, 0.1) is 13.8 Å². The fourth-order valence-electron chi connectivity index (χ4n) is 3.30. The average molecular weight is 385 g/mol. The zero-order valence-corrected chi connectivity index (χ0v) is 16.8. The molecule has 0 bridgehead atoms. The highest BCUT2D eigenvalue weighted by atomic mass is 16.2. The number of carbonyl (C=O) groups is 1. The van der Waals surface area contributed by atoms with E-state index in [0.717, 1.165) is 33.8 Å². The Hall–Kier alpha value is -3.67. The largest absolute Gasteiger partial charge is 0.349 e. The molecule has 6 nitrogen and oxygen atoms in total. The van der Waals surface area contributed by atoms with Crippen molar-refractivity contribution in [3.8, 4) is 17.1 Å². The van der Waals surface area contributed by atoms with Crippen molar-refractivity contribution in [3.05, 3.63) is 89.5 Å². The van der Waals surface area contributed by atoms with Crippen LogP contribution in [0.2, 0.25) is 0 Å². The zero-order valence-electron chi connectivity index (χ0n) is 16.8. The van der Waals surface area contributed by atoms with Crippen molar-refractivity contribution >= 4 is 5.91 Å². The quantitative estimate of drug-likeness (QED) is 0.568. The van der Waals surface area contributed by atoms with Crippen LogP contribution in [0.25, 0.3) is 17.1 Å². The lowest BCUT2D eigenvalue weighted by Gasteiger charge is -2.11. The van der Waals surface area contributed by atoms with E-state index in [0.29, 0.717) is 12.2 Å². The number of rotatable bonds is 5. The van der Waals surface area contributed by atoms with Crippen molar-refractivity contribution in [3.63, 3.8) is 0 Å². The smallest absolute Gasteiger partial charge is 0.270 e. The van der Waals surface area contributed by atoms with E-state index >= 15 is 0 Å². The van der Waals surface area contributed by atoms with Crippen molar-refractivity contribution in [2.45, 2.75) is 20.4 Å². The Morgan fingerprint density at radius 1 is 1.07 bits per heavy atom. The van der Waals surface area contributed by atoms with Crippen molar-refractivity contribution in [1.82, 2.24) is 24.6 Å². The molecular weight excluding hydrogens is 362 g/mol. The number of hydrogen-bond donors (Lipinski definition) is 1. The second kappa shape index (κ2) is 7.75.